The molecule has 0 aliphatic rings. The summed E-state index contributed by atoms with van der Waals surface area (Å²) >= 11 is 0. The number of nitrogens with zero attached hydrogens (tertiary/aromatic N) is 2. The van der Waals surface area contributed by atoms with Crippen molar-refractivity contribution in [2.75, 3.05) is 6.54 Å². The van der Waals surface area contributed by atoms with E-state index in [9.17, 15) is 0 Å². The molecule has 2 rings (SSSR count). The van der Waals surface area contributed by atoms with Gasteiger partial charge in [0.1, 0.15) is 0 Å². The molecule has 1 heterocycles. The second-order valence-corrected chi connectivity index (χ2v) is 4.93. The monoisotopic (exact) mass is 257 g/mol. The molecule has 102 valence electrons. The highest BCUT2D eigenvalue weighted by atomic mass is 15.2. The van der Waals surface area contributed by atoms with Gasteiger partial charge in [0.15, 0.2) is 0 Å². The summed E-state index contributed by atoms with van der Waals surface area (Å²) in [4.78, 5) is 0. The molecule has 1 aromatic heterocycles. The average molecular weight is 257 g/mol. The number of hydrogen-bond donors (Lipinski definition) is 1. The summed E-state index contributed by atoms with van der Waals surface area (Å²) in [6.07, 6.45) is 6.11. The van der Waals surface area contributed by atoms with Gasteiger partial charge in [0.2, 0.25) is 0 Å². The summed E-state index contributed by atoms with van der Waals surface area (Å²) in [6.45, 7) is 5.31. The van der Waals surface area contributed by atoms with Crippen LogP contribution in [0.25, 0.3) is 0 Å². The standard InChI is InChI=1S/C16H23N3/c1-4-13-6-8-15(9-7-13)16(17-5-2)10-14-11-18-19(3)12-14/h6-9,11-12,16-17H,4-5,10H2,1-3H3. The molecule has 1 unspecified atom stereocenters. The molecule has 3 heteroatoms. The first kappa shape index (κ1) is 13.8. The first-order valence-corrected chi connectivity index (χ1v) is 7.02. The summed E-state index contributed by atoms with van der Waals surface area (Å²) in [5.41, 5.74) is 4.01. The molecule has 3 nitrogen and oxygen atoms in total. The lowest BCUT2D eigenvalue weighted by atomic mass is 9.99. The van der Waals surface area contributed by atoms with Crippen molar-refractivity contribution in [3.63, 3.8) is 0 Å². The van der Waals surface area contributed by atoms with Gasteiger partial charge in [-0.05, 0) is 36.1 Å². The average Bonchev–Trinajstić information content (AvgIpc) is 2.84. The van der Waals surface area contributed by atoms with Crippen LogP contribution >= 0.6 is 0 Å². The van der Waals surface area contributed by atoms with Crippen molar-refractivity contribution < 1.29 is 0 Å². The van der Waals surface area contributed by atoms with Crippen LogP contribution in [0.2, 0.25) is 0 Å². The Morgan fingerprint density at radius 1 is 1.16 bits per heavy atom. The SMILES string of the molecule is CCNC(Cc1cnn(C)c1)c1ccc(CC)cc1. The van der Waals surface area contributed by atoms with Crippen LogP contribution in [0.5, 0.6) is 0 Å². The molecule has 19 heavy (non-hydrogen) atoms. The predicted octanol–water partition coefficient (Wildman–Crippen LogP) is 2.88. The summed E-state index contributed by atoms with van der Waals surface area (Å²) < 4.78 is 1.86. The fourth-order valence-corrected chi connectivity index (χ4v) is 2.35. The van der Waals surface area contributed by atoms with Crippen molar-refractivity contribution in [1.29, 1.82) is 0 Å². The molecule has 1 N–H and O–H groups in total. The van der Waals surface area contributed by atoms with Crippen LogP contribution in [0.15, 0.2) is 36.7 Å². The summed E-state index contributed by atoms with van der Waals surface area (Å²) in [7, 11) is 1.96. The van der Waals surface area contributed by atoms with Crippen LogP contribution in [0.1, 0.15) is 36.6 Å². The highest BCUT2D eigenvalue weighted by Crippen LogP contribution is 2.19. The van der Waals surface area contributed by atoms with Crippen LogP contribution in [0, 0.1) is 0 Å². The molecule has 0 amide bonds. The number of rotatable bonds is 6. The van der Waals surface area contributed by atoms with E-state index in [0.29, 0.717) is 6.04 Å². The molecule has 0 aliphatic heterocycles. The maximum atomic E-state index is 4.24. The third-order valence-corrected chi connectivity index (χ3v) is 3.44. The maximum Gasteiger partial charge on any atom is 0.0522 e. The highest BCUT2D eigenvalue weighted by Gasteiger charge is 2.12. The molecule has 0 saturated heterocycles. The molecular weight excluding hydrogens is 234 g/mol. The number of aromatic nitrogens is 2. The molecule has 1 aromatic carbocycles. The van der Waals surface area contributed by atoms with Gasteiger partial charge in [-0.1, -0.05) is 38.1 Å². The molecule has 0 spiro atoms. The lowest BCUT2D eigenvalue weighted by molar-refractivity contribution is 0.549. The van der Waals surface area contributed by atoms with E-state index >= 15 is 0 Å². The highest BCUT2D eigenvalue weighted by molar-refractivity contribution is 5.26. The van der Waals surface area contributed by atoms with Gasteiger partial charge < -0.3 is 5.32 Å². The van der Waals surface area contributed by atoms with Gasteiger partial charge in [-0.25, -0.2) is 0 Å². The second kappa shape index (κ2) is 6.53. The van der Waals surface area contributed by atoms with Gasteiger partial charge >= 0.3 is 0 Å². The third kappa shape index (κ3) is 3.67. The molecule has 0 radical (unpaired) electrons. The Labute approximate surface area is 115 Å². The van der Waals surface area contributed by atoms with E-state index in [1.807, 2.05) is 17.9 Å². The normalized spacial score (nSPS) is 12.6. The van der Waals surface area contributed by atoms with Crippen molar-refractivity contribution in [3.8, 4) is 0 Å². The van der Waals surface area contributed by atoms with E-state index in [1.165, 1.54) is 16.7 Å². The minimum absolute atomic E-state index is 0.361. The minimum Gasteiger partial charge on any atom is -0.310 e. The van der Waals surface area contributed by atoms with Gasteiger partial charge in [-0.3, -0.25) is 4.68 Å². The van der Waals surface area contributed by atoms with Crippen LogP contribution in [0.3, 0.4) is 0 Å². The van der Waals surface area contributed by atoms with Crippen LogP contribution in [-0.4, -0.2) is 16.3 Å². The smallest absolute Gasteiger partial charge is 0.0522 e. The molecule has 0 aliphatic carbocycles. The lowest BCUT2D eigenvalue weighted by Crippen LogP contribution is -2.22. The largest absolute Gasteiger partial charge is 0.310 e. The van der Waals surface area contributed by atoms with Crippen molar-refractivity contribution in [2.24, 2.45) is 7.05 Å². The van der Waals surface area contributed by atoms with Crippen LogP contribution < -0.4 is 5.32 Å². The number of nitrogens with one attached hydrogen (secondary N) is 1. The Balaban J connectivity index is 2.13. The fourth-order valence-electron chi connectivity index (χ4n) is 2.35. The van der Waals surface area contributed by atoms with Crippen LogP contribution in [-0.2, 0) is 19.9 Å². The molecule has 0 bridgehead atoms. The van der Waals surface area contributed by atoms with Crippen molar-refractivity contribution in [1.82, 2.24) is 15.1 Å². The first-order valence-electron chi connectivity index (χ1n) is 7.02. The molecule has 2 aromatic rings. The number of likely N-dealkylation sites (N-methyl/N-ethyl adjacent to an activating group) is 1. The predicted molar refractivity (Wildman–Crippen MR) is 79.1 cm³/mol. The number of benzene rings is 1. The lowest BCUT2D eigenvalue weighted by Gasteiger charge is -2.18. The molecular formula is C16H23N3. The van der Waals surface area contributed by atoms with E-state index in [1.54, 1.807) is 0 Å². The summed E-state index contributed by atoms with van der Waals surface area (Å²) in [6, 6.07) is 9.29. The van der Waals surface area contributed by atoms with E-state index in [4.69, 9.17) is 0 Å². The van der Waals surface area contributed by atoms with E-state index in [0.717, 1.165) is 19.4 Å². The Morgan fingerprint density at radius 3 is 2.42 bits per heavy atom. The van der Waals surface area contributed by atoms with Crippen molar-refractivity contribution in [2.45, 2.75) is 32.7 Å². The fraction of sp³-hybridized carbons (Fsp3) is 0.438. The quantitative estimate of drug-likeness (QED) is 0.862. The topological polar surface area (TPSA) is 29.9 Å². The van der Waals surface area contributed by atoms with Crippen LogP contribution in [0.4, 0.5) is 0 Å². The summed E-state index contributed by atoms with van der Waals surface area (Å²) in [5, 5.41) is 7.80. The minimum atomic E-state index is 0.361. The van der Waals surface area contributed by atoms with Gasteiger partial charge in [0.05, 0.1) is 6.20 Å². The Bertz CT molecular complexity index is 499. The van der Waals surface area contributed by atoms with E-state index < -0.39 is 0 Å². The Morgan fingerprint density at radius 2 is 1.89 bits per heavy atom. The second-order valence-electron chi connectivity index (χ2n) is 4.93. The zero-order chi connectivity index (χ0) is 13.7. The van der Waals surface area contributed by atoms with Crippen molar-refractivity contribution in [3.05, 3.63) is 53.3 Å². The first-order chi connectivity index (χ1) is 9.22. The van der Waals surface area contributed by atoms with Gasteiger partial charge in [0, 0.05) is 19.3 Å². The maximum absolute atomic E-state index is 4.24. The zero-order valence-electron chi connectivity index (χ0n) is 12.1. The van der Waals surface area contributed by atoms with E-state index in [2.05, 4.69) is 54.7 Å². The molecule has 0 saturated carbocycles. The zero-order valence-corrected chi connectivity index (χ0v) is 12.1. The van der Waals surface area contributed by atoms with Gasteiger partial charge in [0.25, 0.3) is 0 Å². The number of aryl methyl sites for hydroxylation is 2. The van der Waals surface area contributed by atoms with Gasteiger partial charge in [-0.2, -0.15) is 5.10 Å². The van der Waals surface area contributed by atoms with E-state index in [-0.39, 0.29) is 0 Å². The van der Waals surface area contributed by atoms with Gasteiger partial charge in [-0.15, -0.1) is 0 Å². The molecule has 0 fully saturated rings. The number of hydrogen-bond acceptors (Lipinski definition) is 2. The Kier molecular flexibility index (Phi) is 4.74. The summed E-state index contributed by atoms with van der Waals surface area (Å²) in [5.74, 6) is 0. The Hall–Kier alpha value is -1.61. The third-order valence-electron chi connectivity index (χ3n) is 3.44. The van der Waals surface area contributed by atoms with Crippen molar-refractivity contribution >= 4 is 0 Å². The molecule has 1 atom stereocenters.